The van der Waals surface area contributed by atoms with E-state index in [9.17, 15) is 0 Å². The van der Waals surface area contributed by atoms with Gasteiger partial charge in [-0.3, -0.25) is 0 Å². The zero-order chi connectivity index (χ0) is 41.0. The van der Waals surface area contributed by atoms with Crippen molar-refractivity contribution >= 4 is 66.8 Å². The predicted molar refractivity (Wildman–Crippen MR) is 256 cm³/mol. The van der Waals surface area contributed by atoms with Crippen LogP contribution >= 0.6 is 0 Å². The van der Waals surface area contributed by atoms with Crippen LogP contribution in [0.3, 0.4) is 0 Å². The Morgan fingerprint density at radius 3 is 1.95 bits per heavy atom. The third-order valence-corrected chi connectivity index (χ3v) is 13.6. The number of hydrogen-bond donors (Lipinski definition) is 0. The number of hydrogen-bond acceptors (Lipinski definition) is 3. The molecule has 0 bridgehead atoms. The van der Waals surface area contributed by atoms with E-state index in [1.54, 1.807) is 0 Å². The first-order valence-electron chi connectivity index (χ1n) is 21.4. The molecule has 12 rings (SSSR count). The van der Waals surface area contributed by atoms with Gasteiger partial charge < -0.3 is 14.2 Å². The van der Waals surface area contributed by atoms with Crippen molar-refractivity contribution in [2.75, 3.05) is 9.80 Å². The van der Waals surface area contributed by atoms with Gasteiger partial charge in [-0.1, -0.05) is 173 Å². The maximum atomic E-state index is 6.64. The zero-order valence-corrected chi connectivity index (χ0v) is 34.8. The van der Waals surface area contributed by atoms with Crippen LogP contribution < -0.4 is 9.80 Å². The first-order chi connectivity index (χ1) is 29.8. The van der Waals surface area contributed by atoms with Crippen molar-refractivity contribution in [3.05, 3.63) is 216 Å². The molecule has 1 aliphatic heterocycles. The van der Waals surface area contributed by atoms with E-state index < -0.39 is 0 Å². The minimum atomic E-state index is -0.267. The summed E-state index contributed by atoms with van der Waals surface area (Å²) in [5.74, 6) is 0. The van der Waals surface area contributed by atoms with Gasteiger partial charge in [0.05, 0.1) is 22.7 Å². The predicted octanol–water partition coefficient (Wildman–Crippen LogP) is 16.3. The van der Waals surface area contributed by atoms with Crippen LogP contribution in [-0.4, -0.2) is 0 Å². The Balaban J connectivity index is 1.14. The molecule has 1 aromatic heterocycles. The lowest BCUT2D eigenvalue weighted by Crippen LogP contribution is -2.31. The molecule has 0 atom stereocenters. The second-order valence-electron chi connectivity index (χ2n) is 17.7. The van der Waals surface area contributed by atoms with Gasteiger partial charge in [-0.2, -0.15) is 0 Å². The highest BCUT2D eigenvalue weighted by Crippen LogP contribution is 2.58. The molecular formula is C58H44N2O. The Hall–Kier alpha value is -7.36. The first kappa shape index (κ1) is 35.6. The van der Waals surface area contributed by atoms with Crippen molar-refractivity contribution in [2.45, 2.75) is 38.5 Å². The Kier molecular flexibility index (Phi) is 7.62. The molecule has 0 spiro atoms. The van der Waals surface area contributed by atoms with E-state index in [-0.39, 0.29) is 10.8 Å². The molecule has 1 aliphatic carbocycles. The summed E-state index contributed by atoms with van der Waals surface area (Å²) in [4.78, 5) is 5.03. The van der Waals surface area contributed by atoms with Gasteiger partial charge in [-0.05, 0) is 92.9 Å². The molecule has 2 heterocycles. The Morgan fingerprint density at radius 1 is 0.426 bits per heavy atom. The maximum Gasteiger partial charge on any atom is 0.143 e. The Bertz CT molecular complexity index is 3390. The largest absolute Gasteiger partial charge is 0.455 e. The molecule has 0 unspecified atom stereocenters. The SMILES string of the molecule is CC1(C)c2ccccc2-c2ccc(N(c3ccccc3)c3ccc4ccccc4c3N3c4ccccc4C(C)(C)c4ccc(-c5cccc6c5oc5ccccc56)cc43)cc21. The molecule has 61 heavy (non-hydrogen) atoms. The van der Waals surface area contributed by atoms with Crippen LogP contribution in [0.2, 0.25) is 0 Å². The van der Waals surface area contributed by atoms with Gasteiger partial charge in [0.25, 0.3) is 0 Å². The van der Waals surface area contributed by atoms with Crippen LogP contribution in [0.25, 0.3) is 55.0 Å². The fraction of sp³-hybridized carbons (Fsp3) is 0.103. The first-order valence-corrected chi connectivity index (χ1v) is 21.4. The lowest BCUT2D eigenvalue weighted by Gasteiger charge is -2.44. The van der Waals surface area contributed by atoms with E-state index in [1.165, 1.54) is 49.8 Å². The number of furan rings is 1. The lowest BCUT2D eigenvalue weighted by atomic mass is 9.73. The molecule has 3 heteroatoms. The minimum Gasteiger partial charge on any atom is -0.455 e. The van der Waals surface area contributed by atoms with E-state index in [4.69, 9.17) is 4.42 Å². The summed E-state index contributed by atoms with van der Waals surface area (Å²) in [6.07, 6.45) is 0. The summed E-state index contributed by atoms with van der Waals surface area (Å²) in [7, 11) is 0. The van der Waals surface area contributed by atoms with Crippen LogP contribution in [0.15, 0.2) is 199 Å². The van der Waals surface area contributed by atoms with Crippen molar-refractivity contribution in [1.29, 1.82) is 0 Å². The van der Waals surface area contributed by atoms with Crippen LogP contribution in [0.5, 0.6) is 0 Å². The maximum absolute atomic E-state index is 6.64. The van der Waals surface area contributed by atoms with Crippen molar-refractivity contribution in [3.8, 4) is 22.3 Å². The number of para-hydroxylation sites is 4. The van der Waals surface area contributed by atoms with E-state index in [2.05, 4.69) is 226 Å². The molecule has 0 saturated heterocycles. The topological polar surface area (TPSA) is 19.6 Å². The van der Waals surface area contributed by atoms with Gasteiger partial charge >= 0.3 is 0 Å². The number of rotatable bonds is 5. The summed E-state index contributed by atoms with van der Waals surface area (Å²) in [5, 5.41) is 4.63. The monoisotopic (exact) mass is 784 g/mol. The van der Waals surface area contributed by atoms with Crippen molar-refractivity contribution in [2.24, 2.45) is 0 Å². The standard InChI is InChI=1S/C58H44N2O/c1-57(2)47-25-12-10-21-43(47)44-32-31-40(36-50(44)57)59(39-18-6-5-7-19-39)52-34-30-37-17-8-9-20-41(37)55(52)60-51-27-14-13-26-48(51)58(3,4)49-33-29-38(35-53(49)60)42-23-16-24-46-45-22-11-15-28-54(45)61-56(42)46/h5-36H,1-4H3. The van der Waals surface area contributed by atoms with Crippen molar-refractivity contribution in [3.63, 3.8) is 0 Å². The number of fused-ring (bicyclic) bond motifs is 9. The Labute approximate surface area is 356 Å². The van der Waals surface area contributed by atoms with Crippen LogP contribution in [-0.2, 0) is 10.8 Å². The summed E-state index contributed by atoms with van der Waals surface area (Å²) in [5.41, 5.74) is 18.3. The highest BCUT2D eigenvalue weighted by atomic mass is 16.3. The third kappa shape index (κ3) is 5.17. The van der Waals surface area contributed by atoms with Crippen LogP contribution in [0, 0.1) is 0 Å². The van der Waals surface area contributed by atoms with Gasteiger partial charge in [0.1, 0.15) is 11.2 Å². The zero-order valence-electron chi connectivity index (χ0n) is 34.8. The molecular weight excluding hydrogens is 741 g/mol. The molecule has 0 amide bonds. The van der Waals surface area contributed by atoms with Gasteiger partial charge in [0.15, 0.2) is 0 Å². The van der Waals surface area contributed by atoms with Gasteiger partial charge in [0.2, 0.25) is 0 Å². The summed E-state index contributed by atoms with van der Waals surface area (Å²) < 4.78 is 6.64. The fourth-order valence-electron chi connectivity index (χ4n) is 10.6. The van der Waals surface area contributed by atoms with Crippen molar-refractivity contribution in [1.82, 2.24) is 0 Å². The smallest absolute Gasteiger partial charge is 0.143 e. The summed E-state index contributed by atoms with van der Waals surface area (Å²) in [6, 6.07) is 71.3. The molecule has 3 nitrogen and oxygen atoms in total. The molecule has 10 aromatic rings. The Morgan fingerprint density at radius 2 is 1.08 bits per heavy atom. The van der Waals surface area contributed by atoms with E-state index in [0.717, 1.165) is 61.5 Å². The molecule has 0 N–H and O–H groups in total. The number of anilines is 6. The van der Waals surface area contributed by atoms with E-state index >= 15 is 0 Å². The normalized spacial score (nSPS) is 14.5. The second-order valence-corrected chi connectivity index (χ2v) is 17.7. The fourth-order valence-corrected chi connectivity index (χ4v) is 10.6. The number of benzene rings is 9. The van der Waals surface area contributed by atoms with E-state index in [1.807, 2.05) is 6.07 Å². The average Bonchev–Trinajstić information content (AvgIpc) is 3.79. The highest BCUT2D eigenvalue weighted by molar-refractivity contribution is 6.11. The summed E-state index contributed by atoms with van der Waals surface area (Å²) in [6.45, 7) is 9.46. The highest BCUT2D eigenvalue weighted by Gasteiger charge is 2.40. The number of nitrogens with zero attached hydrogens (tertiary/aromatic N) is 2. The van der Waals surface area contributed by atoms with Crippen LogP contribution in [0.1, 0.15) is 49.9 Å². The van der Waals surface area contributed by atoms with E-state index in [0.29, 0.717) is 0 Å². The second kappa shape index (κ2) is 13.1. The third-order valence-electron chi connectivity index (χ3n) is 13.6. The van der Waals surface area contributed by atoms with Crippen molar-refractivity contribution < 1.29 is 4.42 Å². The molecule has 0 saturated carbocycles. The quantitative estimate of drug-likeness (QED) is 0.173. The molecule has 0 radical (unpaired) electrons. The average molecular weight is 785 g/mol. The lowest BCUT2D eigenvalue weighted by molar-refractivity contribution is 0.632. The summed E-state index contributed by atoms with van der Waals surface area (Å²) >= 11 is 0. The van der Waals surface area contributed by atoms with Gasteiger partial charge in [0, 0.05) is 43.9 Å². The molecule has 0 fully saturated rings. The minimum absolute atomic E-state index is 0.147. The van der Waals surface area contributed by atoms with Crippen LogP contribution in [0.4, 0.5) is 34.1 Å². The van der Waals surface area contributed by atoms with Gasteiger partial charge in [-0.25, -0.2) is 0 Å². The van der Waals surface area contributed by atoms with Gasteiger partial charge in [-0.15, -0.1) is 0 Å². The molecule has 2 aliphatic rings. The molecule has 9 aromatic carbocycles. The molecule has 292 valence electrons.